The Morgan fingerprint density at radius 1 is 1.20 bits per heavy atom. The Morgan fingerprint density at radius 2 is 2.00 bits per heavy atom. The van der Waals surface area contributed by atoms with Gasteiger partial charge in [0.05, 0.1) is 10.4 Å². The maximum Gasteiger partial charge on any atom is 0.417 e. The summed E-state index contributed by atoms with van der Waals surface area (Å²) >= 11 is 0. The molecule has 0 aliphatic rings. The molecule has 2 aromatic carbocycles. The van der Waals surface area contributed by atoms with Crippen LogP contribution in [-0.4, -0.2) is 25.9 Å². The van der Waals surface area contributed by atoms with Gasteiger partial charge < -0.3 is 9.73 Å². The fraction of sp³-hybridized carbons (Fsp3) is 0.125. The van der Waals surface area contributed by atoms with E-state index in [1.165, 1.54) is 24.3 Å². The second kappa shape index (κ2) is 6.54. The van der Waals surface area contributed by atoms with E-state index in [1.807, 2.05) is 0 Å². The number of hydrogen-bond donors (Lipinski definition) is 3. The molecule has 3 rings (SSSR count). The fourth-order valence-corrected chi connectivity index (χ4v) is 3.40. The Labute approximate surface area is 142 Å². The van der Waals surface area contributed by atoms with Crippen LogP contribution in [0.3, 0.4) is 0 Å². The van der Waals surface area contributed by atoms with Crippen molar-refractivity contribution in [1.29, 1.82) is 0 Å². The van der Waals surface area contributed by atoms with Crippen molar-refractivity contribution in [2.24, 2.45) is 0 Å². The second-order valence-electron chi connectivity index (χ2n) is 5.21. The first-order chi connectivity index (χ1) is 11.9. The number of nitrogens with one attached hydrogen (secondary N) is 3. The number of H-pyrrole nitrogens is 1. The first kappa shape index (κ1) is 16.9. The third-order valence-electron chi connectivity index (χ3n) is 3.42. The van der Waals surface area contributed by atoms with Gasteiger partial charge in [0, 0.05) is 17.8 Å². The van der Waals surface area contributed by atoms with Gasteiger partial charge in [-0.3, -0.25) is 9.78 Å². The largest absolute Gasteiger partial charge is 0.417 e. The van der Waals surface area contributed by atoms with Gasteiger partial charge in [-0.2, -0.15) is 0 Å². The van der Waals surface area contributed by atoms with E-state index in [9.17, 15) is 18.0 Å². The molecule has 0 atom stereocenters. The summed E-state index contributed by atoms with van der Waals surface area (Å²) in [6, 6.07) is 10.4. The van der Waals surface area contributed by atoms with Crippen LogP contribution in [0.5, 0.6) is 0 Å². The molecule has 130 valence electrons. The number of fused-ring (bicyclic) bond motifs is 1. The normalized spacial score (nSPS) is 11.6. The summed E-state index contributed by atoms with van der Waals surface area (Å²) in [5, 5.41) is 2.65. The van der Waals surface area contributed by atoms with Crippen LogP contribution < -0.4 is 15.8 Å². The number of hydrogen-bond acceptors (Lipinski definition) is 5. The predicted molar refractivity (Wildman–Crippen MR) is 92.1 cm³/mol. The number of amides is 1. The number of oxazole rings is 1. The van der Waals surface area contributed by atoms with E-state index < -0.39 is 21.7 Å². The molecule has 0 aliphatic heterocycles. The maximum atomic E-state index is 12.4. The summed E-state index contributed by atoms with van der Waals surface area (Å²) in [5.74, 6) is -1.06. The summed E-state index contributed by atoms with van der Waals surface area (Å²) < 4.78 is 31.3. The maximum absolute atomic E-state index is 12.4. The molecule has 3 N–H and O–H groups in total. The molecule has 0 unspecified atom stereocenters. The number of benzene rings is 2. The van der Waals surface area contributed by atoms with E-state index in [0.717, 1.165) is 0 Å². The number of sulfonamides is 1. The summed E-state index contributed by atoms with van der Waals surface area (Å²) in [6.45, 7) is 1.92. The van der Waals surface area contributed by atoms with Crippen molar-refractivity contribution in [1.82, 2.24) is 9.71 Å². The van der Waals surface area contributed by atoms with Crippen LogP contribution in [-0.2, 0) is 10.0 Å². The molecule has 25 heavy (non-hydrogen) atoms. The molecule has 3 aromatic rings. The van der Waals surface area contributed by atoms with Gasteiger partial charge in [0.1, 0.15) is 0 Å². The smallest absolute Gasteiger partial charge is 0.408 e. The summed E-state index contributed by atoms with van der Waals surface area (Å²) in [7, 11) is -3.65. The lowest BCUT2D eigenvalue weighted by Crippen LogP contribution is -2.23. The van der Waals surface area contributed by atoms with Gasteiger partial charge in [-0.1, -0.05) is 13.0 Å². The number of rotatable bonds is 5. The standard InChI is InChI=1S/C16H15N3O5S/c1-2-17-25(22,23)12-5-3-4-10(8-12)15(20)18-11-6-7-14-13(9-11)19-16(21)24-14/h3-9,17H,2H2,1H3,(H,18,20)(H,19,21). The highest BCUT2D eigenvalue weighted by molar-refractivity contribution is 7.89. The van der Waals surface area contributed by atoms with Gasteiger partial charge >= 0.3 is 5.76 Å². The monoisotopic (exact) mass is 361 g/mol. The highest BCUT2D eigenvalue weighted by Gasteiger charge is 2.15. The minimum Gasteiger partial charge on any atom is -0.408 e. The Balaban J connectivity index is 1.86. The van der Waals surface area contributed by atoms with Crippen molar-refractivity contribution >= 4 is 32.7 Å². The van der Waals surface area contributed by atoms with Crippen LogP contribution in [0.2, 0.25) is 0 Å². The molecule has 0 aliphatic carbocycles. The summed E-state index contributed by atoms with van der Waals surface area (Å²) in [6.07, 6.45) is 0. The number of aromatic amines is 1. The van der Waals surface area contributed by atoms with Crippen LogP contribution in [0, 0.1) is 0 Å². The first-order valence-electron chi connectivity index (χ1n) is 7.43. The molecule has 0 spiro atoms. The molecular weight excluding hydrogens is 346 g/mol. The van der Waals surface area contributed by atoms with Gasteiger partial charge in [0.2, 0.25) is 10.0 Å². The fourth-order valence-electron chi connectivity index (χ4n) is 2.31. The van der Waals surface area contributed by atoms with Gasteiger partial charge in [0.25, 0.3) is 5.91 Å². The average Bonchev–Trinajstić information content (AvgIpc) is 2.94. The van der Waals surface area contributed by atoms with Gasteiger partial charge in [-0.15, -0.1) is 0 Å². The summed E-state index contributed by atoms with van der Waals surface area (Å²) in [4.78, 5) is 26.0. The Hall–Kier alpha value is -2.91. The Bertz CT molecular complexity index is 1100. The molecule has 0 saturated carbocycles. The molecule has 8 nitrogen and oxygen atoms in total. The third kappa shape index (κ3) is 3.62. The van der Waals surface area contributed by atoms with E-state index >= 15 is 0 Å². The highest BCUT2D eigenvalue weighted by Crippen LogP contribution is 2.18. The van der Waals surface area contributed by atoms with E-state index in [-0.39, 0.29) is 17.0 Å². The van der Waals surface area contributed by atoms with Crippen LogP contribution in [0.4, 0.5) is 5.69 Å². The van der Waals surface area contributed by atoms with Gasteiger partial charge in [-0.05, 0) is 36.4 Å². The van der Waals surface area contributed by atoms with Crippen LogP contribution in [0.1, 0.15) is 17.3 Å². The van der Waals surface area contributed by atoms with E-state index in [1.54, 1.807) is 25.1 Å². The van der Waals surface area contributed by atoms with Crippen molar-refractivity contribution in [3.05, 3.63) is 58.6 Å². The third-order valence-corrected chi connectivity index (χ3v) is 4.96. The van der Waals surface area contributed by atoms with Crippen molar-refractivity contribution in [2.75, 3.05) is 11.9 Å². The molecule has 1 aromatic heterocycles. The number of carbonyl (C=O) groups is 1. The molecule has 0 fully saturated rings. The van der Waals surface area contributed by atoms with Gasteiger partial charge in [-0.25, -0.2) is 17.9 Å². The minimum atomic E-state index is -3.65. The van der Waals surface area contributed by atoms with Crippen molar-refractivity contribution in [3.8, 4) is 0 Å². The van der Waals surface area contributed by atoms with Crippen molar-refractivity contribution in [2.45, 2.75) is 11.8 Å². The molecule has 9 heteroatoms. The first-order valence-corrected chi connectivity index (χ1v) is 8.91. The van der Waals surface area contributed by atoms with Crippen LogP contribution in [0.15, 0.2) is 56.6 Å². The molecular formula is C16H15N3O5S. The lowest BCUT2D eigenvalue weighted by atomic mass is 10.2. The topological polar surface area (TPSA) is 121 Å². The zero-order valence-corrected chi connectivity index (χ0v) is 14.0. The predicted octanol–water partition coefficient (Wildman–Crippen LogP) is 1.67. The lowest BCUT2D eigenvalue weighted by Gasteiger charge is -2.08. The van der Waals surface area contributed by atoms with E-state index in [0.29, 0.717) is 16.8 Å². The zero-order chi connectivity index (χ0) is 18.0. The minimum absolute atomic E-state index is 0.0108. The average molecular weight is 361 g/mol. The van der Waals surface area contributed by atoms with Crippen LogP contribution in [0.25, 0.3) is 11.1 Å². The number of aromatic nitrogens is 1. The SMILES string of the molecule is CCNS(=O)(=O)c1cccc(C(=O)Nc2ccc3oc(=O)[nH]c3c2)c1. The molecule has 1 amide bonds. The molecule has 1 heterocycles. The summed E-state index contributed by atoms with van der Waals surface area (Å²) in [5.41, 5.74) is 1.46. The van der Waals surface area contributed by atoms with Crippen molar-refractivity contribution < 1.29 is 17.6 Å². The highest BCUT2D eigenvalue weighted by atomic mass is 32.2. The quantitative estimate of drug-likeness (QED) is 0.638. The van der Waals surface area contributed by atoms with Crippen molar-refractivity contribution in [3.63, 3.8) is 0 Å². The Morgan fingerprint density at radius 3 is 2.76 bits per heavy atom. The lowest BCUT2D eigenvalue weighted by molar-refractivity contribution is 0.102. The number of carbonyl (C=O) groups excluding carboxylic acids is 1. The van der Waals surface area contributed by atoms with E-state index in [2.05, 4.69) is 15.0 Å². The molecule has 0 radical (unpaired) electrons. The zero-order valence-electron chi connectivity index (χ0n) is 13.2. The second-order valence-corrected chi connectivity index (χ2v) is 6.98. The van der Waals surface area contributed by atoms with E-state index in [4.69, 9.17) is 4.42 Å². The Kier molecular flexibility index (Phi) is 4.43. The van der Waals surface area contributed by atoms with Gasteiger partial charge in [0.15, 0.2) is 5.58 Å². The number of anilines is 1. The molecule has 0 bridgehead atoms. The molecule has 0 saturated heterocycles. The van der Waals surface area contributed by atoms with Crippen LogP contribution >= 0.6 is 0 Å².